The van der Waals surface area contributed by atoms with E-state index in [1.165, 1.54) is 0 Å². The van der Waals surface area contributed by atoms with E-state index in [1.807, 2.05) is 35.7 Å². The number of imidazole rings is 1. The van der Waals surface area contributed by atoms with Crippen LogP contribution in [0.3, 0.4) is 0 Å². The van der Waals surface area contributed by atoms with Crippen LogP contribution in [0.2, 0.25) is 0 Å². The third-order valence-electron chi connectivity index (χ3n) is 5.63. The lowest BCUT2D eigenvalue weighted by atomic mass is 10.1. The second-order valence-electron chi connectivity index (χ2n) is 8.37. The lowest BCUT2D eigenvalue weighted by Crippen LogP contribution is -2.11. The molecular formula is C24H27N7. The Morgan fingerprint density at radius 3 is 2.55 bits per heavy atom. The zero-order valence-corrected chi connectivity index (χ0v) is 18.2. The van der Waals surface area contributed by atoms with Crippen LogP contribution in [0, 0.1) is 12.8 Å². The summed E-state index contributed by atoms with van der Waals surface area (Å²) >= 11 is 0. The number of benzene rings is 2. The Morgan fingerprint density at radius 2 is 1.71 bits per heavy atom. The van der Waals surface area contributed by atoms with Crippen molar-refractivity contribution < 1.29 is 0 Å². The molecule has 0 saturated carbocycles. The van der Waals surface area contributed by atoms with Crippen molar-refractivity contribution in [2.24, 2.45) is 5.92 Å². The fraction of sp³-hybridized carbons (Fsp3) is 0.333. The van der Waals surface area contributed by atoms with Crippen LogP contribution in [0.25, 0.3) is 27.6 Å². The first kappa shape index (κ1) is 19.5. The smallest absolute Gasteiger partial charge is 0.226 e. The van der Waals surface area contributed by atoms with E-state index in [9.17, 15) is 0 Å². The van der Waals surface area contributed by atoms with Crippen molar-refractivity contribution >= 4 is 33.5 Å². The summed E-state index contributed by atoms with van der Waals surface area (Å²) in [5.74, 6) is 3.19. The molecule has 3 heterocycles. The molecule has 5 aromatic rings. The van der Waals surface area contributed by atoms with Crippen LogP contribution in [-0.2, 0) is 13.0 Å². The maximum Gasteiger partial charge on any atom is 0.226 e. The molecule has 3 aromatic heterocycles. The van der Waals surface area contributed by atoms with E-state index in [1.54, 1.807) is 0 Å². The maximum absolute atomic E-state index is 4.89. The van der Waals surface area contributed by atoms with Gasteiger partial charge in [0.15, 0.2) is 11.5 Å². The van der Waals surface area contributed by atoms with Crippen LogP contribution in [0.1, 0.15) is 31.9 Å². The fourth-order valence-electron chi connectivity index (χ4n) is 3.98. The van der Waals surface area contributed by atoms with Crippen molar-refractivity contribution in [2.75, 3.05) is 11.9 Å². The molecule has 0 unspecified atom stereocenters. The van der Waals surface area contributed by atoms with Crippen LogP contribution in [-0.4, -0.2) is 35.7 Å². The van der Waals surface area contributed by atoms with Crippen molar-refractivity contribution in [2.45, 2.75) is 40.2 Å². The molecule has 0 aliphatic rings. The predicted octanol–water partition coefficient (Wildman–Crippen LogP) is 4.64. The second kappa shape index (κ2) is 7.98. The highest BCUT2D eigenvalue weighted by molar-refractivity contribution is 5.92. The molecule has 5 rings (SSSR count). The standard InChI is InChI=1S/C24H27N7/c1-16(2)12-14-25-24-27-19-9-5-4-8-18(19)23-28-22(29-31(23)24)13-15-30-17(3)26-20-10-6-7-11-21(20)30/h4-11,16H,12-15H2,1-3H3,(H,25,27). The van der Waals surface area contributed by atoms with E-state index in [2.05, 4.69) is 53.0 Å². The Hall–Kier alpha value is -3.48. The van der Waals surface area contributed by atoms with Crippen LogP contribution in [0.5, 0.6) is 0 Å². The highest BCUT2D eigenvalue weighted by Crippen LogP contribution is 2.22. The first-order valence-corrected chi connectivity index (χ1v) is 10.9. The average molecular weight is 414 g/mol. The minimum Gasteiger partial charge on any atom is -0.354 e. The molecule has 7 nitrogen and oxygen atoms in total. The highest BCUT2D eigenvalue weighted by atomic mass is 15.4. The third kappa shape index (κ3) is 3.71. The summed E-state index contributed by atoms with van der Waals surface area (Å²) in [4.78, 5) is 14.4. The molecule has 0 amide bonds. The van der Waals surface area contributed by atoms with Gasteiger partial charge in [-0.1, -0.05) is 38.1 Å². The maximum atomic E-state index is 4.89. The Morgan fingerprint density at radius 1 is 0.935 bits per heavy atom. The van der Waals surface area contributed by atoms with E-state index in [0.717, 1.165) is 71.1 Å². The fourth-order valence-corrected chi connectivity index (χ4v) is 3.98. The lowest BCUT2D eigenvalue weighted by Gasteiger charge is -2.10. The van der Waals surface area contributed by atoms with Gasteiger partial charge in [0.05, 0.1) is 16.6 Å². The minimum absolute atomic E-state index is 0.628. The van der Waals surface area contributed by atoms with Gasteiger partial charge >= 0.3 is 0 Å². The molecule has 7 heteroatoms. The van der Waals surface area contributed by atoms with Gasteiger partial charge in [0.25, 0.3) is 0 Å². The van der Waals surface area contributed by atoms with Crippen molar-refractivity contribution in [1.82, 2.24) is 29.1 Å². The van der Waals surface area contributed by atoms with E-state index < -0.39 is 0 Å². The quantitative estimate of drug-likeness (QED) is 0.421. The minimum atomic E-state index is 0.628. The zero-order chi connectivity index (χ0) is 21.4. The number of aryl methyl sites for hydroxylation is 3. The molecule has 0 radical (unpaired) electrons. The Kier molecular flexibility index (Phi) is 5.02. The predicted molar refractivity (Wildman–Crippen MR) is 124 cm³/mol. The molecule has 0 saturated heterocycles. The van der Waals surface area contributed by atoms with Gasteiger partial charge in [-0.3, -0.25) is 0 Å². The molecule has 0 aliphatic carbocycles. The first-order chi connectivity index (χ1) is 15.1. The van der Waals surface area contributed by atoms with E-state index in [-0.39, 0.29) is 0 Å². The number of fused-ring (bicyclic) bond motifs is 4. The molecule has 0 bridgehead atoms. The number of nitrogens with zero attached hydrogens (tertiary/aromatic N) is 6. The summed E-state index contributed by atoms with van der Waals surface area (Å²) in [6.45, 7) is 8.13. The highest BCUT2D eigenvalue weighted by Gasteiger charge is 2.14. The Balaban J connectivity index is 1.49. The van der Waals surface area contributed by atoms with Gasteiger partial charge in [-0.15, -0.1) is 5.10 Å². The molecule has 0 aliphatic heterocycles. The third-order valence-corrected chi connectivity index (χ3v) is 5.63. The Labute approximate surface area is 181 Å². The molecule has 1 N–H and O–H groups in total. The zero-order valence-electron chi connectivity index (χ0n) is 18.2. The summed E-state index contributed by atoms with van der Waals surface area (Å²) in [5, 5.41) is 9.29. The van der Waals surface area contributed by atoms with Gasteiger partial charge in [-0.2, -0.15) is 4.52 Å². The molecule has 158 valence electrons. The SMILES string of the molecule is Cc1nc2ccccc2n1CCc1nc2c3ccccc3nc(NCCC(C)C)n2n1. The summed E-state index contributed by atoms with van der Waals surface area (Å²) in [6, 6.07) is 16.3. The monoisotopic (exact) mass is 413 g/mol. The van der Waals surface area contributed by atoms with Crippen LogP contribution in [0.15, 0.2) is 48.5 Å². The normalized spacial score (nSPS) is 11.9. The van der Waals surface area contributed by atoms with Crippen molar-refractivity contribution in [1.29, 1.82) is 0 Å². The number of nitrogens with one attached hydrogen (secondary N) is 1. The largest absolute Gasteiger partial charge is 0.354 e. The number of hydrogen-bond donors (Lipinski definition) is 1. The molecular weight excluding hydrogens is 386 g/mol. The lowest BCUT2D eigenvalue weighted by molar-refractivity contribution is 0.604. The summed E-state index contributed by atoms with van der Waals surface area (Å²) in [7, 11) is 0. The number of para-hydroxylation sites is 3. The average Bonchev–Trinajstić information content (AvgIpc) is 3.32. The van der Waals surface area contributed by atoms with Crippen molar-refractivity contribution in [3.8, 4) is 0 Å². The molecule has 2 aromatic carbocycles. The van der Waals surface area contributed by atoms with Gasteiger partial charge < -0.3 is 9.88 Å². The van der Waals surface area contributed by atoms with Crippen molar-refractivity contribution in [3.63, 3.8) is 0 Å². The Bertz CT molecular complexity index is 1360. The summed E-state index contributed by atoms with van der Waals surface area (Å²) < 4.78 is 4.09. The number of hydrogen-bond acceptors (Lipinski definition) is 5. The molecule has 31 heavy (non-hydrogen) atoms. The van der Waals surface area contributed by atoms with Gasteiger partial charge in [0.1, 0.15) is 5.82 Å². The number of rotatable bonds is 7. The van der Waals surface area contributed by atoms with Crippen LogP contribution < -0.4 is 5.32 Å². The van der Waals surface area contributed by atoms with Crippen LogP contribution in [0.4, 0.5) is 5.95 Å². The van der Waals surface area contributed by atoms with Gasteiger partial charge in [0, 0.05) is 24.9 Å². The number of aromatic nitrogens is 6. The second-order valence-corrected chi connectivity index (χ2v) is 8.37. The van der Waals surface area contributed by atoms with E-state index in [4.69, 9.17) is 15.1 Å². The summed E-state index contributed by atoms with van der Waals surface area (Å²) in [5.41, 5.74) is 3.94. The summed E-state index contributed by atoms with van der Waals surface area (Å²) in [6.07, 6.45) is 1.80. The van der Waals surface area contributed by atoms with E-state index >= 15 is 0 Å². The first-order valence-electron chi connectivity index (χ1n) is 10.9. The van der Waals surface area contributed by atoms with Gasteiger partial charge in [-0.25, -0.2) is 15.0 Å². The van der Waals surface area contributed by atoms with Gasteiger partial charge in [0.2, 0.25) is 5.95 Å². The molecule has 0 spiro atoms. The van der Waals surface area contributed by atoms with E-state index in [0.29, 0.717) is 5.92 Å². The topological polar surface area (TPSA) is 72.9 Å². The van der Waals surface area contributed by atoms with Crippen molar-refractivity contribution in [3.05, 3.63) is 60.2 Å². The molecule has 0 atom stereocenters. The molecule has 0 fully saturated rings. The van der Waals surface area contributed by atoms with Gasteiger partial charge in [-0.05, 0) is 43.5 Å². The van der Waals surface area contributed by atoms with Crippen LogP contribution >= 0.6 is 0 Å². The number of anilines is 1.